The Hall–Kier alpha value is -0.220. The van der Waals surface area contributed by atoms with Gasteiger partial charge in [-0.3, -0.25) is 4.79 Å². The van der Waals surface area contributed by atoms with Crippen molar-refractivity contribution in [2.45, 2.75) is 52.1 Å². The molecule has 1 fully saturated rings. The number of carboxylic acids is 1. The molecule has 0 aromatic carbocycles. The highest BCUT2D eigenvalue weighted by Crippen LogP contribution is 2.33. The highest BCUT2D eigenvalue weighted by molar-refractivity contribution is 7.99. The van der Waals surface area contributed by atoms with Crippen LogP contribution in [0, 0.1) is 5.41 Å². The van der Waals surface area contributed by atoms with Crippen molar-refractivity contribution in [2.24, 2.45) is 5.41 Å². The molecular weight excluding hydrogens is 222 g/mol. The Morgan fingerprint density at radius 3 is 2.81 bits per heavy atom. The summed E-state index contributed by atoms with van der Waals surface area (Å²) < 4.78 is 0. The molecule has 0 spiro atoms. The first-order chi connectivity index (χ1) is 7.44. The molecule has 3 nitrogen and oxygen atoms in total. The van der Waals surface area contributed by atoms with Gasteiger partial charge in [-0.05, 0) is 24.0 Å². The molecule has 0 aromatic heterocycles. The third kappa shape index (κ3) is 4.34. The van der Waals surface area contributed by atoms with Gasteiger partial charge in [-0.25, -0.2) is 0 Å². The van der Waals surface area contributed by atoms with Gasteiger partial charge in [0.05, 0.1) is 0 Å². The molecule has 0 aliphatic carbocycles. The Kier molecular flexibility index (Phi) is 5.12. The lowest BCUT2D eigenvalue weighted by Crippen LogP contribution is -2.48. The largest absolute Gasteiger partial charge is 0.480 e. The third-order valence-electron chi connectivity index (χ3n) is 2.92. The molecule has 4 heteroatoms. The molecule has 16 heavy (non-hydrogen) atoms. The molecule has 2 atom stereocenters. The van der Waals surface area contributed by atoms with Gasteiger partial charge in [0, 0.05) is 11.8 Å². The second kappa shape index (κ2) is 5.92. The maximum absolute atomic E-state index is 11.1. The zero-order valence-corrected chi connectivity index (χ0v) is 11.3. The maximum atomic E-state index is 11.1. The molecule has 1 rings (SSSR count). The van der Waals surface area contributed by atoms with E-state index >= 15 is 0 Å². The standard InChI is InChI=1S/C12H23NO2S/c1-4-5-10(11(14)15)13-9-6-12(2,3)8-16-7-9/h9-10,13H,4-8H2,1-3H3,(H,14,15). The van der Waals surface area contributed by atoms with Crippen molar-refractivity contribution in [1.82, 2.24) is 5.32 Å². The van der Waals surface area contributed by atoms with E-state index in [1.165, 1.54) is 5.75 Å². The molecule has 0 bridgehead atoms. The lowest BCUT2D eigenvalue weighted by molar-refractivity contribution is -0.139. The first-order valence-electron chi connectivity index (χ1n) is 6.01. The minimum Gasteiger partial charge on any atom is -0.480 e. The van der Waals surface area contributed by atoms with Crippen molar-refractivity contribution < 1.29 is 9.90 Å². The number of nitrogens with one attached hydrogen (secondary N) is 1. The minimum absolute atomic E-state index is 0.329. The number of hydrogen-bond acceptors (Lipinski definition) is 3. The fraction of sp³-hybridized carbons (Fsp3) is 0.917. The lowest BCUT2D eigenvalue weighted by atomic mass is 9.87. The van der Waals surface area contributed by atoms with Gasteiger partial charge in [0.1, 0.15) is 6.04 Å². The van der Waals surface area contributed by atoms with Gasteiger partial charge < -0.3 is 10.4 Å². The van der Waals surface area contributed by atoms with Crippen LogP contribution in [-0.2, 0) is 4.79 Å². The predicted molar refractivity (Wildman–Crippen MR) is 69.0 cm³/mol. The molecule has 0 radical (unpaired) electrons. The van der Waals surface area contributed by atoms with Crippen LogP contribution in [0.4, 0.5) is 0 Å². The van der Waals surface area contributed by atoms with Crippen LogP contribution < -0.4 is 5.32 Å². The van der Waals surface area contributed by atoms with Crippen LogP contribution in [0.5, 0.6) is 0 Å². The van der Waals surface area contributed by atoms with E-state index in [1.54, 1.807) is 0 Å². The average molecular weight is 245 g/mol. The van der Waals surface area contributed by atoms with Crippen LogP contribution in [0.2, 0.25) is 0 Å². The zero-order chi connectivity index (χ0) is 12.2. The fourth-order valence-electron chi connectivity index (χ4n) is 2.22. The van der Waals surface area contributed by atoms with E-state index in [2.05, 4.69) is 19.2 Å². The van der Waals surface area contributed by atoms with E-state index in [0.717, 1.165) is 25.0 Å². The fourth-order valence-corrected chi connectivity index (χ4v) is 3.51. The molecule has 1 aliphatic rings. The normalized spacial score (nSPS) is 26.3. The van der Waals surface area contributed by atoms with E-state index in [9.17, 15) is 4.79 Å². The average Bonchev–Trinajstić information content (AvgIpc) is 2.15. The van der Waals surface area contributed by atoms with Gasteiger partial charge in [-0.2, -0.15) is 11.8 Å². The van der Waals surface area contributed by atoms with Crippen molar-refractivity contribution in [3.8, 4) is 0 Å². The number of rotatable bonds is 5. The molecule has 1 heterocycles. The quantitative estimate of drug-likeness (QED) is 0.780. The molecule has 0 amide bonds. The van der Waals surface area contributed by atoms with Gasteiger partial charge in [-0.1, -0.05) is 27.2 Å². The summed E-state index contributed by atoms with van der Waals surface area (Å²) in [5, 5.41) is 12.4. The summed E-state index contributed by atoms with van der Waals surface area (Å²) in [7, 11) is 0. The van der Waals surface area contributed by atoms with Crippen LogP contribution in [0.3, 0.4) is 0 Å². The zero-order valence-electron chi connectivity index (χ0n) is 10.5. The van der Waals surface area contributed by atoms with Crippen LogP contribution in [0.15, 0.2) is 0 Å². The SMILES string of the molecule is CCCC(NC1CSCC(C)(C)C1)C(=O)O. The Morgan fingerprint density at radius 1 is 1.62 bits per heavy atom. The Labute approximate surface area is 102 Å². The Bertz CT molecular complexity index is 243. The highest BCUT2D eigenvalue weighted by Gasteiger charge is 2.30. The Balaban J connectivity index is 2.48. The van der Waals surface area contributed by atoms with E-state index in [-0.39, 0.29) is 6.04 Å². The minimum atomic E-state index is -0.713. The molecule has 1 aliphatic heterocycles. The molecule has 0 aromatic rings. The summed E-state index contributed by atoms with van der Waals surface area (Å²) >= 11 is 1.93. The maximum Gasteiger partial charge on any atom is 0.320 e. The van der Waals surface area contributed by atoms with Gasteiger partial charge >= 0.3 is 5.97 Å². The molecule has 94 valence electrons. The summed E-state index contributed by atoms with van der Waals surface area (Å²) in [6.45, 7) is 6.53. The number of aliphatic carboxylic acids is 1. The van der Waals surface area contributed by atoms with Crippen LogP contribution in [-0.4, -0.2) is 34.7 Å². The molecule has 1 saturated heterocycles. The van der Waals surface area contributed by atoms with E-state index in [4.69, 9.17) is 5.11 Å². The summed E-state index contributed by atoms with van der Waals surface area (Å²) in [5.41, 5.74) is 0.329. The lowest BCUT2D eigenvalue weighted by Gasteiger charge is -2.36. The van der Waals surface area contributed by atoms with Gasteiger partial charge in [0.2, 0.25) is 0 Å². The van der Waals surface area contributed by atoms with Crippen molar-refractivity contribution >= 4 is 17.7 Å². The van der Waals surface area contributed by atoms with Crippen molar-refractivity contribution in [3.05, 3.63) is 0 Å². The third-order valence-corrected chi connectivity index (χ3v) is 4.55. The second-order valence-corrected chi connectivity index (χ2v) is 6.46. The summed E-state index contributed by atoms with van der Waals surface area (Å²) in [5.74, 6) is 1.50. The van der Waals surface area contributed by atoms with Gasteiger partial charge in [0.15, 0.2) is 0 Å². The molecule has 2 unspecified atom stereocenters. The van der Waals surface area contributed by atoms with Crippen LogP contribution in [0.1, 0.15) is 40.0 Å². The van der Waals surface area contributed by atoms with Crippen LogP contribution in [0.25, 0.3) is 0 Å². The molecular formula is C12H23NO2S. The first kappa shape index (κ1) is 13.8. The summed E-state index contributed by atoms with van der Waals surface area (Å²) in [6.07, 6.45) is 2.71. The summed E-state index contributed by atoms with van der Waals surface area (Å²) in [6, 6.07) is -0.0223. The number of carbonyl (C=O) groups is 1. The predicted octanol–water partition coefficient (Wildman–Crippen LogP) is 2.36. The van der Waals surface area contributed by atoms with Gasteiger partial charge in [0.25, 0.3) is 0 Å². The van der Waals surface area contributed by atoms with E-state index in [1.807, 2.05) is 18.7 Å². The number of thioether (sulfide) groups is 1. The van der Waals surface area contributed by atoms with Crippen molar-refractivity contribution in [3.63, 3.8) is 0 Å². The monoisotopic (exact) mass is 245 g/mol. The Morgan fingerprint density at radius 2 is 2.31 bits per heavy atom. The second-order valence-electron chi connectivity index (χ2n) is 5.43. The van der Waals surface area contributed by atoms with Crippen molar-refractivity contribution in [1.29, 1.82) is 0 Å². The van der Waals surface area contributed by atoms with E-state index in [0.29, 0.717) is 11.5 Å². The smallest absolute Gasteiger partial charge is 0.320 e. The highest BCUT2D eigenvalue weighted by atomic mass is 32.2. The van der Waals surface area contributed by atoms with E-state index < -0.39 is 5.97 Å². The first-order valence-corrected chi connectivity index (χ1v) is 7.16. The summed E-state index contributed by atoms with van der Waals surface area (Å²) in [4.78, 5) is 11.1. The van der Waals surface area contributed by atoms with Crippen LogP contribution >= 0.6 is 11.8 Å². The topological polar surface area (TPSA) is 49.3 Å². The molecule has 2 N–H and O–H groups in total. The molecule has 0 saturated carbocycles. The number of hydrogen-bond donors (Lipinski definition) is 2. The number of carboxylic acid groups (broad SMARTS) is 1. The van der Waals surface area contributed by atoms with Crippen molar-refractivity contribution in [2.75, 3.05) is 11.5 Å². The van der Waals surface area contributed by atoms with Gasteiger partial charge in [-0.15, -0.1) is 0 Å².